The van der Waals surface area contributed by atoms with Crippen LogP contribution in [0.2, 0.25) is 18.1 Å². The molecule has 10 nitrogen and oxygen atoms in total. The van der Waals surface area contributed by atoms with E-state index in [0.717, 1.165) is 56.8 Å². The molecule has 4 heterocycles. The Kier molecular flexibility index (Phi) is 19.3. The highest BCUT2D eigenvalue weighted by atomic mass is 32.2. The molecule has 0 atom stereocenters. The standard InChI is InChI=1S/C24H31N3O2S.C24H29N3O2S.C6H16Si/c2*1-25-30(28,29)15-12-19-8-9-24-22(16-19)23(21-10-13-26(2)14-11-21)18-27(24)17-20-6-4-3-5-7-20;1-4-7(5-2)6-3/h3-9,16,18,21,25H,10-15,17H2,1-2H3;3-10,16,18,25H,11-15,17H2,1-2H3;7H,4-6H2,1-3H3. The van der Waals surface area contributed by atoms with Gasteiger partial charge in [0.15, 0.2) is 0 Å². The molecule has 4 aromatic carbocycles. The van der Waals surface area contributed by atoms with Gasteiger partial charge in [0.05, 0.1) is 11.5 Å². The molecule has 0 spiro atoms. The van der Waals surface area contributed by atoms with Crippen LogP contribution in [0.15, 0.2) is 116 Å². The molecular formula is C54H76N6O4S2Si. The maximum Gasteiger partial charge on any atom is 0.211 e. The SMILES string of the molecule is CC[SiH](CC)CC.CNS(=O)(=O)CCc1ccc2c(c1)c(C1=CCN(C)CC1)cn2Cc1ccccc1.CNS(=O)(=O)CCc1ccc2c(c1)c(C1CCN(C)CC1)cn2Cc1ccccc1. The van der Waals surface area contributed by atoms with Crippen LogP contribution >= 0.6 is 0 Å². The lowest BCUT2D eigenvalue weighted by Crippen LogP contribution is -2.29. The number of aromatic nitrogens is 2. The third-order valence-electron chi connectivity index (χ3n) is 13.9. The zero-order valence-corrected chi connectivity index (χ0v) is 44.0. The van der Waals surface area contributed by atoms with Crippen molar-refractivity contribution in [3.05, 3.63) is 149 Å². The van der Waals surface area contributed by atoms with Gasteiger partial charge in [-0.3, -0.25) is 0 Å². The average Bonchev–Trinajstić information content (AvgIpc) is 3.89. The Balaban J connectivity index is 0.000000194. The van der Waals surface area contributed by atoms with Crippen molar-refractivity contribution in [2.75, 3.05) is 65.9 Å². The maximum absolute atomic E-state index is 11.9. The maximum atomic E-state index is 11.9. The van der Waals surface area contributed by atoms with Gasteiger partial charge in [-0.25, -0.2) is 26.3 Å². The molecule has 13 heteroatoms. The van der Waals surface area contributed by atoms with Crippen LogP contribution in [0.4, 0.5) is 0 Å². The summed E-state index contributed by atoms with van der Waals surface area (Å²) >= 11 is 0. The fourth-order valence-corrected chi connectivity index (χ4v) is 12.5. The highest BCUT2D eigenvalue weighted by molar-refractivity contribution is 7.89. The second kappa shape index (κ2) is 24.8. The zero-order valence-electron chi connectivity index (χ0n) is 41.2. The van der Waals surface area contributed by atoms with Gasteiger partial charge in [-0.05, 0) is 137 Å². The zero-order chi connectivity index (χ0) is 48.0. The summed E-state index contributed by atoms with van der Waals surface area (Å²) in [4.78, 5) is 4.72. The van der Waals surface area contributed by atoms with Crippen molar-refractivity contribution in [1.29, 1.82) is 0 Å². The number of sulfonamides is 2. The Morgan fingerprint density at radius 3 is 1.55 bits per heavy atom. The van der Waals surface area contributed by atoms with Crippen molar-refractivity contribution in [3.8, 4) is 0 Å². The van der Waals surface area contributed by atoms with Gasteiger partial charge in [0.25, 0.3) is 0 Å². The molecule has 1 saturated heterocycles. The van der Waals surface area contributed by atoms with E-state index in [2.05, 4.69) is 167 Å². The van der Waals surface area contributed by atoms with E-state index in [1.807, 2.05) is 12.1 Å². The van der Waals surface area contributed by atoms with Crippen LogP contribution in [0.1, 0.15) is 79.3 Å². The number of fused-ring (bicyclic) bond motifs is 2. The lowest BCUT2D eigenvalue weighted by atomic mass is 9.89. The summed E-state index contributed by atoms with van der Waals surface area (Å²) in [5.74, 6) is 0.767. The molecule has 8 rings (SSSR count). The van der Waals surface area contributed by atoms with Gasteiger partial charge in [0.2, 0.25) is 20.0 Å². The van der Waals surface area contributed by atoms with E-state index in [9.17, 15) is 16.8 Å². The number of hydrogen-bond donors (Lipinski definition) is 2. The topological polar surface area (TPSA) is 109 Å². The van der Waals surface area contributed by atoms with E-state index < -0.39 is 20.0 Å². The van der Waals surface area contributed by atoms with Gasteiger partial charge < -0.3 is 18.9 Å². The first kappa shape index (κ1) is 52.0. The van der Waals surface area contributed by atoms with Gasteiger partial charge in [-0.15, -0.1) is 0 Å². The molecule has 2 aliphatic rings. The fraction of sp³-hybridized carbons (Fsp3) is 0.444. The summed E-state index contributed by atoms with van der Waals surface area (Å²) in [7, 11) is 0.682. The molecule has 0 saturated carbocycles. The van der Waals surface area contributed by atoms with E-state index in [1.54, 1.807) is 0 Å². The first-order valence-corrected chi connectivity index (χ1v) is 30.2. The first-order valence-electron chi connectivity index (χ1n) is 24.4. The smallest absolute Gasteiger partial charge is 0.211 e. The third kappa shape index (κ3) is 14.8. The van der Waals surface area contributed by atoms with Crippen LogP contribution in [0.3, 0.4) is 0 Å². The molecule has 1 fully saturated rings. The van der Waals surface area contributed by atoms with E-state index in [4.69, 9.17) is 0 Å². The van der Waals surface area contributed by atoms with E-state index in [0.29, 0.717) is 18.8 Å². The van der Waals surface area contributed by atoms with Crippen molar-refractivity contribution in [2.24, 2.45) is 0 Å². The number of hydrogen-bond acceptors (Lipinski definition) is 6. The molecule has 0 radical (unpaired) electrons. The number of nitrogens with one attached hydrogen (secondary N) is 2. The van der Waals surface area contributed by atoms with Gasteiger partial charge in [-0.1, -0.05) is 118 Å². The number of nitrogens with zero attached hydrogens (tertiary/aromatic N) is 4. The second-order valence-corrected chi connectivity index (χ2v) is 26.8. The Hall–Kier alpha value is -4.34. The Labute approximate surface area is 404 Å². The molecule has 2 N–H and O–H groups in total. The largest absolute Gasteiger partial charge is 0.343 e. The summed E-state index contributed by atoms with van der Waals surface area (Å²) in [5.41, 5.74) is 11.2. The Morgan fingerprint density at radius 1 is 0.597 bits per heavy atom. The lowest BCUT2D eigenvalue weighted by Gasteiger charge is -2.28. The molecule has 0 amide bonds. The summed E-state index contributed by atoms with van der Waals surface area (Å²) < 4.78 is 56.9. The predicted molar refractivity (Wildman–Crippen MR) is 286 cm³/mol. The number of likely N-dealkylation sites (N-methyl/N-ethyl adjacent to an activating group) is 1. The highest BCUT2D eigenvalue weighted by Gasteiger charge is 2.23. The monoisotopic (exact) mass is 965 g/mol. The van der Waals surface area contributed by atoms with Crippen LogP contribution in [0, 0.1) is 0 Å². The molecule has 6 aromatic rings. The van der Waals surface area contributed by atoms with Crippen molar-refractivity contribution in [1.82, 2.24) is 28.4 Å². The minimum absolute atomic E-state index is 0.0998. The van der Waals surface area contributed by atoms with Crippen LogP contribution < -0.4 is 9.44 Å². The third-order valence-corrected chi connectivity index (χ3v) is 20.1. The van der Waals surface area contributed by atoms with Crippen LogP contribution in [-0.4, -0.2) is 110 Å². The van der Waals surface area contributed by atoms with Crippen molar-refractivity contribution in [3.63, 3.8) is 0 Å². The summed E-state index contributed by atoms with van der Waals surface area (Å²) in [6.45, 7) is 12.9. The van der Waals surface area contributed by atoms with Crippen molar-refractivity contribution in [2.45, 2.75) is 90.0 Å². The highest BCUT2D eigenvalue weighted by Crippen LogP contribution is 2.36. The first-order chi connectivity index (χ1) is 32.2. The van der Waals surface area contributed by atoms with Crippen molar-refractivity contribution >= 4 is 56.2 Å². The lowest BCUT2D eigenvalue weighted by molar-refractivity contribution is 0.256. The number of aryl methyl sites for hydroxylation is 2. The second-order valence-electron chi connectivity index (χ2n) is 18.5. The molecule has 67 heavy (non-hydrogen) atoms. The van der Waals surface area contributed by atoms with Gasteiger partial charge in [-0.2, -0.15) is 0 Å². The summed E-state index contributed by atoms with van der Waals surface area (Å²) in [6.07, 6.45) is 11.3. The molecule has 2 aliphatic heterocycles. The van der Waals surface area contributed by atoms with Gasteiger partial charge in [0, 0.05) is 74.7 Å². The molecule has 362 valence electrons. The van der Waals surface area contributed by atoms with Gasteiger partial charge in [0.1, 0.15) is 0 Å². The minimum atomic E-state index is -3.22. The van der Waals surface area contributed by atoms with Crippen LogP contribution in [0.5, 0.6) is 0 Å². The molecule has 2 aromatic heterocycles. The Bertz CT molecular complexity index is 2740. The summed E-state index contributed by atoms with van der Waals surface area (Å²) in [5, 5.41) is 2.49. The fourth-order valence-electron chi connectivity index (χ4n) is 9.34. The van der Waals surface area contributed by atoms with Gasteiger partial charge >= 0.3 is 0 Å². The summed E-state index contributed by atoms with van der Waals surface area (Å²) in [6, 6.07) is 38.3. The Morgan fingerprint density at radius 2 is 1.09 bits per heavy atom. The number of piperidine rings is 1. The van der Waals surface area contributed by atoms with E-state index in [-0.39, 0.29) is 20.3 Å². The van der Waals surface area contributed by atoms with Crippen LogP contribution in [-0.2, 0) is 46.0 Å². The number of benzene rings is 4. The predicted octanol–water partition coefficient (Wildman–Crippen LogP) is 9.36. The number of likely N-dealkylation sites (tertiary alicyclic amines) is 1. The van der Waals surface area contributed by atoms with E-state index in [1.165, 1.54) is 94.7 Å². The number of rotatable bonds is 17. The normalized spacial score (nSPS) is 15.3. The molecule has 0 aliphatic carbocycles. The van der Waals surface area contributed by atoms with Crippen LogP contribution in [0.25, 0.3) is 27.4 Å². The molecule has 0 unspecified atom stereocenters. The quantitative estimate of drug-likeness (QED) is 0.0883. The molecule has 0 bridgehead atoms. The average molecular weight is 965 g/mol. The van der Waals surface area contributed by atoms with Crippen molar-refractivity contribution < 1.29 is 16.8 Å². The minimum Gasteiger partial charge on any atom is -0.343 e. The van der Waals surface area contributed by atoms with E-state index >= 15 is 0 Å². The molecular weight excluding hydrogens is 889 g/mol.